The molecule has 0 aromatic heterocycles. The molecule has 2 rings (SSSR count). The van der Waals surface area contributed by atoms with Crippen LogP contribution in [0.3, 0.4) is 0 Å². The average molecular weight is 489 g/mol. The molecule has 0 radical (unpaired) electrons. The first kappa shape index (κ1) is 25.0. The van der Waals surface area contributed by atoms with Crippen molar-refractivity contribution >= 4 is 37.4 Å². The molecule has 0 amide bonds. The lowest BCUT2D eigenvalue weighted by molar-refractivity contribution is -0.384. The van der Waals surface area contributed by atoms with Gasteiger partial charge >= 0.3 is 5.97 Å². The van der Waals surface area contributed by atoms with Crippen LogP contribution in [0.1, 0.15) is 0 Å². The summed E-state index contributed by atoms with van der Waals surface area (Å²) in [5.41, 5.74) is -0.306. The second kappa shape index (κ2) is 10.4. The number of carbonyl (C=O) groups is 1. The van der Waals surface area contributed by atoms with Gasteiger partial charge in [0, 0.05) is 13.1 Å². The summed E-state index contributed by atoms with van der Waals surface area (Å²) in [4.78, 5) is 21.6. The number of esters is 1. The van der Waals surface area contributed by atoms with Crippen molar-refractivity contribution in [3.63, 3.8) is 0 Å². The number of nitrogens with one attached hydrogen (secondary N) is 2. The summed E-state index contributed by atoms with van der Waals surface area (Å²) in [5.74, 6) is -0.594. The highest BCUT2D eigenvalue weighted by atomic mass is 32.2. The van der Waals surface area contributed by atoms with Crippen LogP contribution in [0.15, 0.2) is 52.3 Å². The molecule has 13 nitrogen and oxygen atoms in total. The number of hydrogen-bond donors (Lipinski definition) is 3. The third kappa shape index (κ3) is 6.88. The van der Waals surface area contributed by atoms with E-state index >= 15 is 0 Å². The normalized spacial score (nSPS) is 11.6. The van der Waals surface area contributed by atoms with Gasteiger partial charge in [0.1, 0.15) is 31.2 Å². The molecule has 0 spiro atoms. The molecule has 0 aliphatic heterocycles. The second-order valence-electron chi connectivity index (χ2n) is 6.10. The predicted molar refractivity (Wildman–Crippen MR) is 112 cm³/mol. The number of benzene rings is 2. The Kier molecular flexibility index (Phi) is 8.09. The molecule has 0 fully saturated rings. The summed E-state index contributed by atoms with van der Waals surface area (Å²) >= 11 is 0. The Morgan fingerprint density at radius 2 is 1.69 bits per heavy atom. The summed E-state index contributed by atoms with van der Waals surface area (Å²) in [7, 11) is -6.57. The van der Waals surface area contributed by atoms with Crippen LogP contribution in [-0.4, -0.2) is 54.5 Å². The quantitative estimate of drug-likeness (QED) is 0.170. The summed E-state index contributed by atoms with van der Waals surface area (Å²) < 4.78 is 59.0. The zero-order valence-electron chi connectivity index (χ0n) is 16.7. The number of anilines is 1. The summed E-state index contributed by atoms with van der Waals surface area (Å²) in [6.45, 7) is -0.988. The van der Waals surface area contributed by atoms with Crippen molar-refractivity contribution in [1.29, 1.82) is 0 Å². The smallest absolute Gasteiger partial charge is 0.321 e. The Morgan fingerprint density at radius 3 is 2.25 bits per heavy atom. The van der Waals surface area contributed by atoms with Crippen molar-refractivity contribution in [3.05, 3.63) is 52.6 Å². The van der Waals surface area contributed by atoms with E-state index in [9.17, 15) is 31.7 Å². The number of nitrogens with two attached hydrogens (primary N) is 1. The fourth-order valence-corrected chi connectivity index (χ4v) is 3.87. The van der Waals surface area contributed by atoms with Crippen molar-refractivity contribution < 1.29 is 36.0 Å². The van der Waals surface area contributed by atoms with E-state index in [2.05, 4.69) is 5.32 Å². The van der Waals surface area contributed by atoms with E-state index in [-0.39, 0.29) is 28.7 Å². The highest BCUT2D eigenvalue weighted by molar-refractivity contribution is 7.89. The number of nitro benzene ring substituents is 1. The minimum atomic E-state index is -4.20. The Labute approximate surface area is 183 Å². The molecule has 32 heavy (non-hydrogen) atoms. The lowest BCUT2D eigenvalue weighted by Crippen LogP contribution is -2.31. The Hall–Kier alpha value is -3.27. The second-order valence-corrected chi connectivity index (χ2v) is 9.42. The average Bonchev–Trinajstić information content (AvgIpc) is 2.74. The van der Waals surface area contributed by atoms with E-state index in [1.807, 2.05) is 4.72 Å². The van der Waals surface area contributed by atoms with Gasteiger partial charge in [-0.05, 0) is 36.4 Å². The topological polar surface area (TPSA) is 197 Å². The molecular formula is C17H20N4O9S2. The van der Waals surface area contributed by atoms with Crippen LogP contribution in [0.5, 0.6) is 5.75 Å². The summed E-state index contributed by atoms with van der Waals surface area (Å²) in [6, 6.07) is 8.49. The number of primary sulfonamides is 1. The number of rotatable bonds is 11. The van der Waals surface area contributed by atoms with Crippen LogP contribution in [0.4, 0.5) is 11.4 Å². The van der Waals surface area contributed by atoms with Crippen LogP contribution in [0.2, 0.25) is 0 Å². The lowest BCUT2D eigenvalue weighted by atomic mass is 10.3. The van der Waals surface area contributed by atoms with E-state index < -0.39 is 43.2 Å². The van der Waals surface area contributed by atoms with Gasteiger partial charge in [-0.1, -0.05) is 0 Å². The van der Waals surface area contributed by atoms with Crippen LogP contribution in [-0.2, 0) is 29.6 Å². The van der Waals surface area contributed by atoms with Gasteiger partial charge in [0.15, 0.2) is 0 Å². The molecule has 0 saturated heterocycles. The third-order valence-corrected chi connectivity index (χ3v) is 6.25. The van der Waals surface area contributed by atoms with Gasteiger partial charge < -0.3 is 14.8 Å². The third-order valence-electron chi connectivity index (χ3n) is 3.92. The summed E-state index contributed by atoms with van der Waals surface area (Å²) in [5, 5.41) is 18.6. The molecule has 174 valence electrons. The largest absolute Gasteiger partial charge is 0.490 e. The van der Waals surface area contributed by atoms with Crippen molar-refractivity contribution in [2.75, 3.05) is 32.1 Å². The molecule has 0 aliphatic carbocycles. The monoisotopic (exact) mass is 488 g/mol. The Morgan fingerprint density at radius 1 is 1.06 bits per heavy atom. The van der Waals surface area contributed by atoms with Crippen molar-refractivity contribution in [1.82, 2.24) is 4.72 Å². The van der Waals surface area contributed by atoms with Gasteiger partial charge in [0.05, 0.1) is 14.7 Å². The van der Waals surface area contributed by atoms with E-state index in [1.165, 1.54) is 37.4 Å². The van der Waals surface area contributed by atoms with Crippen LogP contribution < -0.4 is 19.9 Å². The highest BCUT2D eigenvalue weighted by Gasteiger charge is 2.22. The van der Waals surface area contributed by atoms with E-state index in [0.717, 1.165) is 12.1 Å². The van der Waals surface area contributed by atoms with Crippen molar-refractivity contribution in [3.8, 4) is 5.75 Å². The van der Waals surface area contributed by atoms with Gasteiger partial charge in [0.25, 0.3) is 5.69 Å². The van der Waals surface area contributed by atoms with Gasteiger partial charge in [-0.25, -0.2) is 22.0 Å². The number of nitrogens with zero attached hydrogens (tertiary/aromatic N) is 1. The van der Waals surface area contributed by atoms with Gasteiger partial charge in [-0.3, -0.25) is 14.9 Å². The molecule has 0 aliphatic rings. The van der Waals surface area contributed by atoms with E-state index in [0.29, 0.717) is 5.75 Å². The molecule has 0 unspecified atom stereocenters. The van der Waals surface area contributed by atoms with E-state index in [4.69, 9.17) is 14.6 Å². The van der Waals surface area contributed by atoms with Crippen LogP contribution >= 0.6 is 0 Å². The minimum absolute atomic E-state index is 0.0785. The van der Waals surface area contributed by atoms with E-state index in [1.54, 1.807) is 0 Å². The maximum Gasteiger partial charge on any atom is 0.321 e. The lowest BCUT2D eigenvalue weighted by Gasteiger charge is -2.10. The van der Waals surface area contributed by atoms with Gasteiger partial charge in [0.2, 0.25) is 20.0 Å². The zero-order valence-corrected chi connectivity index (χ0v) is 18.3. The molecule has 0 saturated carbocycles. The maximum atomic E-state index is 12.3. The van der Waals surface area contributed by atoms with Gasteiger partial charge in [-0.2, -0.15) is 4.72 Å². The highest BCUT2D eigenvalue weighted by Crippen LogP contribution is 2.26. The number of hydrogen-bond acceptors (Lipinski definition) is 10. The molecular weight excluding hydrogens is 468 g/mol. The predicted octanol–water partition coefficient (Wildman–Crippen LogP) is 0.184. The van der Waals surface area contributed by atoms with Gasteiger partial charge in [-0.15, -0.1) is 0 Å². The molecule has 2 aromatic rings. The molecule has 0 bridgehead atoms. The molecule has 4 N–H and O–H groups in total. The standard InChI is InChI=1S/C17H20N4O9S2/c1-19-15-7-6-14(10-16(15)21(23)24)32(27,28)20-11-17(22)30-9-8-29-12-2-4-13(5-3-12)31(18,25)26/h2-7,10,19-20H,8-9,11H2,1H3,(H2,18,25,26). The first-order valence-electron chi connectivity index (χ1n) is 8.81. The number of ether oxygens (including phenoxy) is 2. The number of nitro groups is 1. The number of sulfonamides is 2. The van der Waals surface area contributed by atoms with Crippen molar-refractivity contribution in [2.45, 2.75) is 9.79 Å². The van der Waals surface area contributed by atoms with Crippen LogP contribution in [0.25, 0.3) is 0 Å². The maximum absolute atomic E-state index is 12.3. The fraction of sp³-hybridized carbons (Fsp3) is 0.235. The Bertz CT molecular complexity index is 1200. The first-order chi connectivity index (χ1) is 14.9. The molecule has 0 atom stereocenters. The molecule has 0 heterocycles. The zero-order chi connectivity index (χ0) is 23.9. The van der Waals surface area contributed by atoms with Crippen LogP contribution in [0, 0.1) is 10.1 Å². The Balaban J connectivity index is 1.83. The van der Waals surface area contributed by atoms with Crippen molar-refractivity contribution in [2.24, 2.45) is 5.14 Å². The first-order valence-corrected chi connectivity index (χ1v) is 11.8. The fourth-order valence-electron chi connectivity index (χ4n) is 2.37. The minimum Gasteiger partial charge on any atom is -0.490 e. The summed E-state index contributed by atoms with van der Waals surface area (Å²) in [6.07, 6.45) is 0. The number of carbonyl (C=O) groups excluding carboxylic acids is 1. The molecule has 2 aromatic carbocycles. The SMILES string of the molecule is CNc1ccc(S(=O)(=O)NCC(=O)OCCOc2ccc(S(N)(=O)=O)cc2)cc1[N+](=O)[O-]. The molecule has 15 heteroatoms.